The molecule has 0 bridgehead atoms. The normalized spacial score (nSPS) is 9.90. The quantitative estimate of drug-likeness (QED) is 0.711. The maximum Gasteiger partial charge on any atom is 0.0416 e. The topological polar surface area (TPSA) is 12.9 Å². The highest BCUT2D eigenvalue weighted by Crippen LogP contribution is 2.18. The van der Waals surface area contributed by atoms with Gasteiger partial charge in [0.05, 0.1) is 0 Å². The van der Waals surface area contributed by atoms with Crippen molar-refractivity contribution in [2.45, 2.75) is 12.3 Å². The van der Waals surface area contributed by atoms with Gasteiger partial charge in [-0.15, -0.1) is 0 Å². The first kappa shape index (κ1) is 8.21. The van der Waals surface area contributed by atoms with Crippen LogP contribution in [0.4, 0.5) is 0 Å². The van der Waals surface area contributed by atoms with Crippen molar-refractivity contribution < 1.29 is 0 Å². The molecule has 0 saturated carbocycles. The highest BCUT2D eigenvalue weighted by atomic mass is 79.9. The molecule has 0 spiro atoms. The van der Waals surface area contributed by atoms with Gasteiger partial charge in [-0.3, -0.25) is 4.98 Å². The van der Waals surface area contributed by atoms with Gasteiger partial charge < -0.3 is 0 Å². The van der Waals surface area contributed by atoms with Crippen LogP contribution in [-0.4, -0.2) is 4.98 Å². The Morgan fingerprint density at radius 2 is 2.30 bits per heavy atom. The third-order valence-corrected chi connectivity index (χ3v) is 2.53. The van der Waals surface area contributed by atoms with Crippen molar-refractivity contribution in [1.82, 2.24) is 4.98 Å². The van der Waals surface area contributed by atoms with Crippen molar-refractivity contribution in [3.8, 4) is 0 Å². The second-order valence-electron chi connectivity index (χ2n) is 2.05. The van der Waals surface area contributed by atoms with Crippen molar-refractivity contribution in [3.05, 3.63) is 28.0 Å². The van der Waals surface area contributed by atoms with E-state index in [0.29, 0.717) is 0 Å². The standard InChI is InChI=1S/C7H7Br2N/c1-5-2-6(3-8)7(9)4-10-5/h2,4H,3H2,1H3. The maximum absolute atomic E-state index is 4.12. The lowest BCUT2D eigenvalue weighted by molar-refractivity contribution is 1.16. The zero-order valence-electron chi connectivity index (χ0n) is 5.56. The van der Waals surface area contributed by atoms with Crippen molar-refractivity contribution in [2.75, 3.05) is 0 Å². The molecule has 1 nitrogen and oxygen atoms in total. The van der Waals surface area contributed by atoms with Gasteiger partial charge in [0.1, 0.15) is 0 Å². The summed E-state index contributed by atoms with van der Waals surface area (Å²) in [6.45, 7) is 1.98. The van der Waals surface area contributed by atoms with Gasteiger partial charge in [0.25, 0.3) is 0 Å². The largest absolute Gasteiger partial charge is 0.260 e. The number of aryl methyl sites for hydroxylation is 1. The van der Waals surface area contributed by atoms with Crippen LogP contribution in [0.3, 0.4) is 0 Å². The molecule has 0 aromatic carbocycles. The highest BCUT2D eigenvalue weighted by molar-refractivity contribution is 9.10. The minimum atomic E-state index is 0.872. The molecular weight excluding hydrogens is 258 g/mol. The first-order valence-corrected chi connectivity index (χ1v) is 4.82. The Hall–Kier alpha value is 0.110. The van der Waals surface area contributed by atoms with Gasteiger partial charge >= 0.3 is 0 Å². The number of aromatic nitrogens is 1. The van der Waals surface area contributed by atoms with Gasteiger partial charge in [-0.05, 0) is 34.5 Å². The number of halogens is 2. The molecule has 1 aromatic rings. The van der Waals surface area contributed by atoms with Crippen LogP contribution in [0.15, 0.2) is 16.7 Å². The van der Waals surface area contributed by atoms with Crippen LogP contribution < -0.4 is 0 Å². The fourth-order valence-corrected chi connectivity index (χ4v) is 1.90. The molecule has 0 radical (unpaired) electrons. The maximum atomic E-state index is 4.12. The van der Waals surface area contributed by atoms with E-state index in [9.17, 15) is 0 Å². The lowest BCUT2D eigenvalue weighted by Crippen LogP contribution is -1.85. The molecule has 0 atom stereocenters. The van der Waals surface area contributed by atoms with Crippen LogP contribution in [0.1, 0.15) is 11.3 Å². The fourth-order valence-electron chi connectivity index (χ4n) is 0.702. The molecule has 0 fully saturated rings. The van der Waals surface area contributed by atoms with Gasteiger partial charge in [0, 0.05) is 21.7 Å². The summed E-state index contributed by atoms with van der Waals surface area (Å²) in [4.78, 5) is 4.12. The minimum absolute atomic E-state index is 0.872. The van der Waals surface area contributed by atoms with E-state index in [1.165, 1.54) is 5.56 Å². The molecule has 10 heavy (non-hydrogen) atoms. The van der Waals surface area contributed by atoms with Crippen LogP contribution in [0.25, 0.3) is 0 Å². The van der Waals surface area contributed by atoms with E-state index in [2.05, 4.69) is 42.9 Å². The van der Waals surface area contributed by atoms with Crippen LogP contribution in [0, 0.1) is 6.92 Å². The lowest BCUT2D eigenvalue weighted by atomic mass is 10.3. The molecule has 0 amide bonds. The second kappa shape index (κ2) is 3.49. The molecule has 0 saturated heterocycles. The van der Waals surface area contributed by atoms with Gasteiger partial charge in [-0.25, -0.2) is 0 Å². The summed E-state index contributed by atoms with van der Waals surface area (Å²) >= 11 is 6.78. The number of hydrogen-bond acceptors (Lipinski definition) is 1. The van der Waals surface area contributed by atoms with Crippen molar-refractivity contribution in [2.24, 2.45) is 0 Å². The summed E-state index contributed by atoms with van der Waals surface area (Å²) in [5.74, 6) is 0. The SMILES string of the molecule is Cc1cc(CBr)c(Br)cn1. The molecule has 0 unspecified atom stereocenters. The molecule has 1 rings (SSSR count). The lowest BCUT2D eigenvalue weighted by Gasteiger charge is -1.99. The predicted octanol–water partition coefficient (Wildman–Crippen LogP) is 3.05. The molecule has 54 valence electrons. The minimum Gasteiger partial charge on any atom is -0.260 e. The highest BCUT2D eigenvalue weighted by Gasteiger charge is 1.97. The Bertz CT molecular complexity index is 235. The van der Waals surface area contributed by atoms with Crippen LogP contribution in [-0.2, 0) is 5.33 Å². The Labute approximate surface area is 77.1 Å². The van der Waals surface area contributed by atoms with Gasteiger partial charge in [-0.2, -0.15) is 0 Å². The summed E-state index contributed by atoms with van der Waals surface area (Å²) in [6.07, 6.45) is 1.83. The monoisotopic (exact) mass is 263 g/mol. The molecule has 1 heterocycles. The van der Waals surface area contributed by atoms with E-state index in [-0.39, 0.29) is 0 Å². The summed E-state index contributed by atoms with van der Waals surface area (Å²) in [6, 6.07) is 2.05. The molecule has 0 aliphatic heterocycles. The van der Waals surface area contributed by atoms with E-state index in [1.54, 1.807) is 0 Å². The zero-order chi connectivity index (χ0) is 7.56. The smallest absolute Gasteiger partial charge is 0.0416 e. The van der Waals surface area contributed by atoms with E-state index in [4.69, 9.17) is 0 Å². The Balaban J connectivity index is 3.09. The average molecular weight is 265 g/mol. The summed E-state index contributed by atoms with van der Waals surface area (Å²) in [5, 5.41) is 0.872. The Kier molecular flexibility index (Phi) is 2.86. The number of hydrogen-bond donors (Lipinski definition) is 0. The Morgan fingerprint density at radius 1 is 1.60 bits per heavy atom. The second-order valence-corrected chi connectivity index (χ2v) is 3.47. The van der Waals surface area contributed by atoms with E-state index in [1.807, 2.05) is 13.1 Å². The molecule has 3 heteroatoms. The molecule has 0 aliphatic rings. The van der Waals surface area contributed by atoms with Crippen LogP contribution in [0.5, 0.6) is 0 Å². The van der Waals surface area contributed by atoms with Crippen molar-refractivity contribution in [3.63, 3.8) is 0 Å². The fraction of sp³-hybridized carbons (Fsp3) is 0.286. The van der Waals surface area contributed by atoms with Gasteiger partial charge in [0.15, 0.2) is 0 Å². The number of alkyl halides is 1. The molecular formula is C7H7Br2N. The van der Waals surface area contributed by atoms with Crippen LogP contribution in [0.2, 0.25) is 0 Å². The summed E-state index contributed by atoms with van der Waals surface area (Å²) in [7, 11) is 0. The third kappa shape index (κ3) is 1.80. The van der Waals surface area contributed by atoms with Gasteiger partial charge in [-0.1, -0.05) is 15.9 Å². The Morgan fingerprint density at radius 3 is 2.80 bits per heavy atom. The number of rotatable bonds is 1. The average Bonchev–Trinajstić information content (AvgIpc) is 1.94. The van der Waals surface area contributed by atoms with Crippen molar-refractivity contribution >= 4 is 31.9 Å². The molecule has 1 aromatic heterocycles. The van der Waals surface area contributed by atoms with Crippen molar-refractivity contribution in [1.29, 1.82) is 0 Å². The first-order valence-electron chi connectivity index (χ1n) is 2.91. The summed E-state index contributed by atoms with van der Waals surface area (Å²) < 4.78 is 1.06. The first-order chi connectivity index (χ1) is 4.74. The third-order valence-electron chi connectivity index (χ3n) is 1.22. The predicted molar refractivity (Wildman–Crippen MR) is 49.3 cm³/mol. The number of nitrogens with zero attached hydrogens (tertiary/aromatic N) is 1. The molecule has 0 aliphatic carbocycles. The van der Waals surface area contributed by atoms with E-state index in [0.717, 1.165) is 15.5 Å². The van der Waals surface area contributed by atoms with Crippen LogP contribution >= 0.6 is 31.9 Å². The molecule has 0 N–H and O–H groups in total. The number of pyridine rings is 1. The zero-order valence-corrected chi connectivity index (χ0v) is 8.74. The summed E-state index contributed by atoms with van der Waals surface area (Å²) in [5.41, 5.74) is 2.30. The van der Waals surface area contributed by atoms with E-state index >= 15 is 0 Å². The van der Waals surface area contributed by atoms with Gasteiger partial charge in [0.2, 0.25) is 0 Å². The van der Waals surface area contributed by atoms with E-state index < -0.39 is 0 Å².